The maximum atomic E-state index is 13.3. The molecule has 0 saturated heterocycles. The summed E-state index contributed by atoms with van der Waals surface area (Å²) >= 11 is 1.72. The molecule has 0 atom stereocenters. The van der Waals surface area contributed by atoms with Gasteiger partial charge in [0, 0.05) is 18.0 Å². The molecule has 1 aromatic rings. The lowest BCUT2D eigenvalue weighted by Crippen LogP contribution is -2.06. The highest BCUT2D eigenvalue weighted by Gasteiger charge is 2.04. The summed E-state index contributed by atoms with van der Waals surface area (Å²) in [6.07, 6.45) is 2.02. The van der Waals surface area contributed by atoms with Crippen LogP contribution in [0, 0.1) is 12.7 Å². The van der Waals surface area contributed by atoms with Gasteiger partial charge in [-0.25, -0.2) is 4.39 Å². The molecule has 0 amide bonds. The predicted octanol–water partition coefficient (Wildman–Crippen LogP) is 2.49. The zero-order valence-electron chi connectivity index (χ0n) is 8.43. The fourth-order valence-corrected chi connectivity index (χ4v) is 1.43. The average molecular weight is 214 g/mol. The smallest absolute Gasteiger partial charge is 0.148 e. The summed E-state index contributed by atoms with van der Waals surface area (Å²) < 4.78 is 13.3. The van der Waals surface area contributed by atoms with Crippen LogP contribution in [0.4, 0.5) is 15.8 Å². The first kappa shape index (κ1) is 11.2. The quantitative estimate of drug-likeness (QED) is 0.597. The minimum absolute atomic E-state index is 0.283. The van der Waals surface area contributed by atoms with Crippen LogP contribution in [0.5, 0.6) is 0 Å². The number of halogens is 1. The van der Waals surface area contributed by atoms with Crippen molar-refractivity contribution in [3.05, 3.63) is 23.5 Å². The average Bonchev–Trinajstić information content (AvgIpc) is 2.14. The first-order valence-electron chi connectivity index (χ1n) is 4.43. The van der Waals surface area contributed by atoms with Crippen LogP contribution in [0.1, 0.15) is 5.56 Å². The lowest BCUT2D eigenvalue weighted by Gasteiger charge is -2.09. The Hall–Kier alpha value is -0.900. The third-order valence-corrected chi connectivity index (χ3v) is 2.59. The van der Waals surface area contributed by atoms with Gasteiger partial charge in [-0.3, -0.25) is 0 Å². The molecule has 0 aliphatic heterocycles. The van der Waals surface area contributed by atoms with Gasteiger partial charge in [0.15, 0.2) is 0 Å². The highest BCUT2D eigenvalue weighted by molar-refractivity contribution is 7.98. The normalized spacial score (nSPS) is 10.2. The number of rotatable bonds is 4. The second kappa shape index (κ2) is 5.10. The van der Waals surface area contributed by atoms with Crippen LogP contribution in [0.15, 0.2) is 12.1 Å². The molecule has 78 valence electrons. The van der Waals surface area contributed by atoms with E-state index in [0.29, 0.717) is 11.4 Å². The van der Waals surface area contributed by atoms with Crippen molar-refractivity contribution >= 4 is 23.1 Å². The summed E-state index contributed by atoms with van der Waals surface area (Å²) in [5.74, 6) is 0.678. The van der Waals surface area contributed by atoms with Crippen LogP contribution >= 0.6 is 11.8 Å². The van der Waals surface area contributed by atoms with Crippen molar-refractivity contribution in [2.24, 2.45) is 0 Å². The molecule has 1 rings (SSSR count). The summed E-state index contributed by atoms with van der Waals surface area (Å²) in [4.78, 5) is 0. The number of thioether (sulfide) groups is 1. The fraction of sp³-hybridized carbons (Fsp3) is 0.400. The minimum Gasteiger partial charge on any atom is -0.398 e. The number of hydrogen-bond acceptors (Lipinski definition) is 3. The van der Waals surface area contributed by atoms with Crippen LogP contribution in [0.2, 0.25) is 0 Å². The van der Waals surface area contributed by atoms with Gasteiger partial charge in [0.1, 0.15) is 5.82 Å². The van der Waals surface area contributed by atoms with Crippen LogP contribution in [0.3, 0.4) is 0 Å². The van der Waals surface area contributed by atoms with Crippen LogP contribution in [-0.4, -0.2) is 18.6 Å². The molecule has 1 aromatic carbocycles. The standard InChI is InChI=1S/C10H15FN2S/c1-7-5-10(13-3-4-14-2)8(11)6-9(7)12/h5-6,13H,3-4,12H2,1-2H3. The van der Waals surface area contributed by atoms with Crippen LogP contribution in [0.25, 0.3) is 0 Å². The Bertz CT molecular complexity index is 315. The minimum atomic E-state index is -0.283. The summed E-state index contributed by atoms with van der Waals surface area (Å²) in [7, 11) is 0. The van der Waals surface area contributed by atoms with E-state index < -0.39 is 0 Å². The number of nitrogens with two attached hydrogens (primary N) is 1. The zero-order chi connectivity index (χ0) is 10.6. The Balaban J connectivity index is 2.72. The van der Waals surface area contributed by atoms with E-state index in [1.54, 1.807) is 17.8 Å². The van der Waals surface area contributed by atoms with E-state index in [2.05, 4.69) is 5.32 Å². The van der Waals surface area contributed by atoms with Crippen LogP contribution in [-0.2, 0) is 0 Å². The summed E-state index contributed by atoms with van der Waals surface area (Å²) in [6.45, 7) is 2.63. The first-order valence-corrected chi connectivity index (χ1v) is 5.83. The maximum absolute atomic E-state index is 13.3. The fourth-order valence-electron chi connectivity index (χ4n) is 1.12. The van der Waals surface area contributed by atoms with Gasteiger partial charge in [-0.15, -0.1) is 0 Å². The zero-order valence-corrected chi connectivity index (χ0v) is 9.25. The van der Waals surface area contributed by atoms with E-state index in [1.165, 1.54) is 6.07 Å². The van der Waals surface area contributed by atoms with Crippen molar-refractivity contribution in [1.82, 2.24) is 0 Å². The Kier molecular flexibility index (Phi) is 4.07. The van der Waals surface area contributed by atoms with E-state index in [-0.39, 0.29) is 5.82 Å². The van der Waals surface area contributed by atoms with E-state index in [1.807, 2.05) is 13.2 Å². The number of aryl methyl sites for hydroxylation is 1. The Morgan fingerprint density at radius 3 is 2.86 bits per heavy atom. The molecule has 4 heteroatoms. The molecule has 2 nitrogen and oxygen atoms in total. The molecule has 0 unspecified atom stereocenters. The number of anilines is 2. The molecular formula is C10H15FN2S. The lowest BCUT2D eigenvalue weighted by atomic mass is 10.2. The molecule has 0 saturated carbocycles. The molecule has 0 heterocycles. The van der Waals surface area contributed by atoms with E-state index in [4.69, 9.17) is 5.73 Å². The lowest BCUT2D eigenvalue weighted by molar-refractivity contribution is 0.631. The Labute approximate surface area is 88.1 Å². The van der Waals surface area contributed by atoms with Gasteiger partial charge in [0.05, 0.1) is 5.69 Å². The van der Waals surface area contributed by atoms with Gasteiger partial charge in [-0.1, -0.05) is 0 Å². The van der Waals surface area contributed by atoms with Crippen molar-refractivity contribution < 1.29 is 4.39 Å². The molecule has 3 N–H and O–H groups in total. The molecule has 0 fully saturated rings. The SMILES string of the molecule is CSCCNc1cc(C)c(N)cc1F. The van der Waals surface area contributed by atoms with Gasteiger partial charge in [-0.2, -0.15) is 11.8 Å². The van der Waals surface area contributed by atoms with Gasteiger partial charge in [0.25, 0.3) is 0 Å². The molecular weight excluding hydrogens is 199 g/mol. The number of hydrogen-bond donors (Lipinski definition) is 2. The Morgan fingerprint density at radius 1 is 1.50 bits per heavy atom. The summed E-state index contributed by atoms with van der Waals surface area (Å²) in [5.41, 5.74) is 7.50. The highest BCUT2D eigenvalue weighted by atomic mass is 32.2. The number of benzene rings is 1. The summed E-state index contributed by atoms with van der Waals surface area (Å²) in [5, 5.41) is 3.03. The third kappa shape index (κ3) is 2.80. The maximum Gasteiger partial charge on any atom is 0.148 e. The molecule has 0 radical (unpaired) electrons. The molecule has 0 aromatic heterocycles. The second-order valence-electron chi connectivity index (χ2n) is 3.11. The largest absolute Gasteiger partial charge is 0.398 e. The molecule has 14 heavy (non-hydrogen) atoms. The van der Waals surface area contributed by atoms with Crippen molar-refractivity contribution in [3.8, 4) is 0 Å². The highest BCUT2D eigenvalue weighted by Crippen LogP contribution is 2.21. The van der Waals surface area contributed by atoms with Crippen LogP contribution < -0.4 is 11.1 Å². The van der Waals surface area contributed by atoms with E-state index >= 15 is 0 Å². The van der Waals surface area contributed by atoms with Gasteiger partial charge in [0.2, 0.25) is 0 Å². The predicted molar refractivity (Wildman–Crippen MR) is 62.4 cm³/mol. The molecule has 0 spiro atoms. The topological polar surface area (TPSA) is 38.0 Å². The molecule has 0 bridgehead atoms. The van der Waals surface area contributed by atoms with Gasteiger partial charge >= 0.3 is 0 Å². The van der Waals surface area contributed by atoms with Gasteiger partial charge < -0.3 is 11.1 Å². The first-order chi connectivity index (χ1) is 6.65. The summed E-state index contributed by atoms with van der Waals surface area (Å²) in [6, 6.07) is 3.10. The van der Waals surface area contributed by atoms with Gasteiger partial charge in [-0.05, 0) is 30.9 Å². The van der Waals surface area contributed by atoms with Crippen molar-refractivity contribution in [2.45, 2.75) is 6.92 Å². The van der Waals surface area contributed by atoms with E-state index in [9.17, 15) is 4.39 Å². The monoisotopic (exact) mass is 214 g/mol. The second-order valence-corrected chi connectivity index (χ2v) is 4.09. The van der Waals surface area contributed by atoms with Crippen molar-refractivity contribution in [3.63, 3.8) is 0 Å². The third-order valence-electron chi connectivity index (χ3n) is 1.98. The van der Waals surface area contributed by atoms with Crippen molar-refractivity contribution in [2.75, 3.05) is 29.6 Å². The van der Waals surface area contributed by atoms with E-state index in [0.717, 1.165) is 17.9 Å². The number of nitrogens with one attached hydrogen (secondary N) is 1. The Morgan fingerprint density at radius 2 is 2.21 bits per heavy atom. The number of nitrogen functional groups attached to an aromatic ring is 1. The molecule has 0 aliphatic carbocycles. The molecule has 0 aliphatic rings. The van der Waals surface area contributed by atoms with Crippen molar-refractivity contribution in [1.29, 1.82) is 0 Å².